The Labute approximate surface area is 95.4 Å². The average Bonchev–Trinajstić information content (AvgIpc) is 2.22. The van der Waals surface area contributed by atoms with Crippen LogP contribution < -0.4 is 5.32 Å². The Kier molecular flexibility index (Phi) is 4.19. The molecule has 0 bridgehead atoms. The van der Waals surface area contributed by atoms with Gasteiger partial charge in [0, 0.05) is 24.2 Å². The van der Waals surface area contributed by atoms with E-state index in [-0.39, 0.29) is 0 Å². The summed E-state index contributed by atoms with van der Waals surface area (Å²) in [7, 11) is 0. The minimum absolute atomic E-state index is 0.323. The molecule has 1 saturated heterocycles. The average molecular weight is 212 g/mol. The van der Waals surface area contributed by atoms with Gasteiger partial charge in [0.15, 0.2) is 0 Å². The molecular formula is C13H28N2. The molecule has 0 aromatic heterocycles. The molecule has 0 aromatic carbocycles. The van der Waals surface area contributed by atoms with Gasteiger partial charge in [0.2, 0.25) is 0 Å². The van der Waals surface area contributed by atoms with E-state index in [4.69, 9.17) is 0 Å². The molecule has 0 aromatic rings. The van der Waals surface area contributed by atoms with Crippen molar-refractivity contribution < 1.29 is 0 Å². The lowest BCUT2D eigenvalue weighted by molar-refractivity contribution is 0.0228. The molecule has 0 saturated carbocycles. The number of nitrogens with one attached hydrogen (secondary N) is 1. The van der Waals surface area contributed by atoms with Crippen LogP contribution in [0.4, 0.5) is 0 Å². The molecule has 1 aliphatic heterocycles. The van der Waals surface area contributed by atoms with Crippen LogP contribution in [0, 0.1) is 0 Å². The molecule has 90 valence electrons. The molecule has 1 fully saturated rings. The number of hydrogen-bond acceptors (Lipinski definition) is 2. The van der Waals surface area contributed by atoms with E-state index >= 15 is 0 Å². The first kappa shape index (κ1) is 13.0. The summed E-state index contributed by atoms with van der Waals surface area (Å²) >= 11 is 0. The van der Waals surface area contributed by atoms with Crippen LogP contribution in [0.3, 0.4) is 0 Å². The standard InChI is InChI=1S/C13H28N2/c1-6-9-15-11-13(7-2,8-3)14-10-12(15,4)5/h14H,6-11H2,1-5H3. The van der Waals surface area contributed by atoms with Gasteiger partial charge >= 0.3 is 0 Å². The second kappa shape index (κ2) is 4.84. The predicted molar refractivity (Wildman–Crippen MR) is 67.3 cm³/mol. The number of hydrogen-bond donors (Lipinski definition) is 1. The fourth-order valence-electron chi connectivity index (χ4n) is 2.53. The van der Waals surface area contributed by atoms with Crippen molar-refractivity contribution in [2.75, 3.05) is 19.6 Å². The summed E-state index contributed by atoms with van der Waals surface area (Å²) in [4.78, 5) is 2.66. The first-order valence-corrected chi connectivity index (χ1v) is 6.50. The molecular weight excluding hydrogens is 184 g/mol. The highest BCUT2D eigenvalue weighted by molar-refractivity contribution is 5.00. The second-order valence-corrected chi connectivity index (χ2v) is 5.57. The van der Waals surface area contributed by atoms with Crippen molar-refractivity contribution in [3.63, 3.8) is 0 Å². The normalized spacial score (nSPS) is 25.4. The van der Waals surface area contributed by atoms with E-state index in [0.717, 1.165) is 6.54 Å². The van der Waals surface area contributed by atoms with E-state index in [1.165, 1.54) is 32.4 Å². The molecule has 0 unspecified atom stereocenters. The highest BCUT2D eigenvalue weighted by Gasteiger charge is 2.40. The van der Waals surface area contributed by atoms with Gasteiger partial charge in [-0.05, 0) is 39.7 Å². The van der Waals surface area contributed by atoms with Crippen LogP contribution in [0.1, 0.15) is 53.9 Å². The van der Waals surface area contributed by atoms with Gasteiger partial charge in [-0.2, -0.15) is 0 Å². The van der Waals surface area contributed by atoms with Gasteiger partial charge in [-0.25, -0.2) is 0 Å². The van der Waals surface area contributed by atoms with E-state index in [0.29, 0.717) is 11.1 Å². The molecule has 2 heteroatoms. The first-order valence-electron chi connectivity index (χ1n) is 6.50. The Morgan fingerprint density at radius 3 is 2.20 bits per heavy atom. The summed E-state index contributed by atoms with van der Waals surface area (Å²) in [6, 6.07) is 0. The Morgan fingerprint density at radius 1 is 1.13 bits per heavy atom. The van der Waals surface area contributed by atoms with Gasteiger partial charge in [-0.1, -0.05) is 20.8 Å². The summed E-state index contributed by atoms with van der Waals surface area (Å²) in [6.07, 6.45) is 3.73. The third kappa shape index (κ3) is 2.73. The Bertz CT molecular complexity index is 195. The van der Waals surface area contributed by atoms with Crippen LogP contribution in [0.2, 0.25) is 0 Å². The molecule has 1 heterocycles. The van der Waals surface area contributed by atoms with Crippen LogP contribution in [0.25, 0.3) is 0 Å². The predicted octanol–water partition coefficient (Wildman–Crippen LogP) is 2.64. The van der Waals surface area contributed by atoms with Crippen LogP contribution in [-0.4, -0.2) is 35.6 Å². The summed E-state index contributed by atoms with van der Waals surface area (Å²) < 4.78 is 0. The van der Waals surface area contributed by atoms with Crippen molar-refractivity contribution in [2.45, 2.75) is 65.0 Å². The van der Waals surface area contributed by atoms with Gasteiger partial charge in [0.05, 0.1) is 0 Å². The second-order valence-electron chi connectivity index (χ2n) is 5.57. The van der Waals surface area contributed by atoms with Crippen molar-refractivity contribution >= 4 is 0 Å². The van der Waals surface area contributed by atoms with Crippen molar-refractivity contribution in [1.29, 1.82) is 0 Å². The first-order chi connectivity index (χ1) is 6.99. The van der Waals surface area contributed by atoms with Crippen LogP contribution in [0.15, 0.2) is 0 Å². The minimum atomic E-state index is 0.323. The van der Waals surface area contributed by atoms with Crippen LogP contribution in [-0.2, 0) is 0 Å². The SMILES string of the molecule is CCCN1CC(CC)(CC)NCC1(C)C. The minimum Gasteiger partial charge on any atom is -0.308 e. The van der Waals surface area contributed by atoms with Gasteiger partial charge in [0.1, 0.15) is 0 Å². The van der Waals surface area contributed by atoms with E-state index in [1.807, 2.05) is 0 Å². The topological polar surface area (TPSA) is 15.3 Å². The fourth-order valence-corrected chi connectivity index (χ4v) is 2.53. The molecule has 0 amide bonds. The maximum absolute atomic E-state index is 3.77. The Balaban J connectivity index is 2.73. The van der Waals surface area contributed by atoms with Crippen molar-refractivity contribution in [3.05, 3.63) is 0 Å². The van der Waals surface area contributed by atoms with Gasteiger partial charge in [0.25, 0.3) is 0 Å². The maximum atomic E-state index is 3.77. The van der Waals surface area contributed by atoms with E-state index in [1.54, 1.807) is 0 Å². The summed E-state index contributed by atoms with van der Waals surface area (Å²) in [5.74, 6) is 0. The lowest BCUT2D eigenvalue weighted by Crippen LogP contribution is -2.67. The third-order valence-electron chi connectivity index (χ3n) is 4.09. The monoisotopic (exact) mass is 212 g/mol. The molecule has 1 N–H and O–H groups in total. The molecule has 2 nitrogen and oxygen atoms in total. The molecule has 0 radical (unpaired) electrons. The van der Waals surface area contributed by atoms with Crippen molar-refractivity contribution in [3.8, 4) is 0 Å². The molecule has 1 rings (SSSR count). The summed E-state index contributed by atoms with van der Waals surface area (Å²) in [5, 5.41) is 3.77. The van der Waals surface area contributed by atoms with Gasteiger partial charge in [-0.3, -0.25) is 4.90 Å². The molecule has 0 spiro atoms. The highest BCUT2D eigenvalue weighted by atomic mass is 15.3. The zero-order valence-corrected chi connectivity index (χ0v) is 11.2. The lowest BCUT2D eigenvalue weighted by Gasteiger charge is -2.52. The molecule has 0 aliphatic carbocycles. The maximum Gasteiger partial charge on any atom is 0.0304 e. The number of piperazine rings is 1. The molecule has 1 aliphatic rings. The summed E-state index contributed by atoms with van der Waals surface area (Å²) in [6.45, 7) is 15.2. The Hall–Kier alpha value is -0.0800. The zero-order valence-electron chi connectivity index (χ0n) is 11.2. The zero-order chi connectivity index (χ0) is 11.5. The highest BCUT2D eigenvalue weighted by Crippen LogP contribution is 2.27. The van der Waals surface area contributed by atoms with E-state index in [9.17, 15) is 0 Å². The largest absolute Gasteiger partial charge is 0.308 e. The Morgan fingerprint density at radius 2 is 1.73 bits per heavy atom. The fraction of sp³-hybridized carbons (Fsp3) is 1.00. The van der Waals surface area contributed by atoms with Gasteiger partial charge < -0.3 is 5.32 Å². The van der Waals surface area contributed by atoms with E-state index in [2.05, 4.69) is 44.8 Å². The molecule has 15 heavy (non-hydrogen) atoms. The van der Waals surface area contributed by atoms with Crippen LogP contribution >= 0.6 is 0 Å². The number of rotatable bonds is 4. The molecule has 0 atom stereocenters. The van der Waals surface area contributed by atoms with Gasteiger partial charge in [-0.15, -0.1) is 0 Å². The quantitative estimate of drug-likeness (QED) is 0.770. The number of nitrogens with zero attached hydrogens (tertiary/aromatic N) is 1. The summed E-state index contributed by atoms with van der Waals surface area (Å²) in [5.41, 5.74) is 0.689. The smallest absolute Gasteiger partial charge is 0.0304 e. The third-order valence-corrected chi connectivity index (χ3v) is 4.09. The van der Waals surface area contributed by atoms with Crippen molar-refractivity contribution in [1.82, 2.24) is 10.2 Å². The lowest BCUT2D eigenvalue weighted by atomic mass is 9.85. The van der Waals surface area contributed by atoms with Crippen molar-refractivity contribution in [2.24, 2.45) is 0 Å². The van der Waals surface area contributed by atoms with Crippen LogP contribution in [0.5, 0.6) is 0 Å². The van der Waals surface area contributed by atoms with E-state index < -0.39 is 0 Å².